The summed E-state index contributed by atoms with van der Waals surface area (Å²) < 4.78 is 2.04. The zero-order valence-corrected chi connectivity index (χ0v) is 10.5. The van der Waals surface area contributed by atoms with Crippen LogP contribution in [0.1, 0.15) is 29.9 Å². The Morgan fingerprint density at radius 3 is 2.94 bits per heavy atom. The lowest BCUT2D eigenvalue weighted by Gasteiger charge is -2.21. The predicted molar refractivity (Wildman–Crippen MR) is 72.6 cm³/mol. The molecule has 1 saturated heterocycles. The van der Waals surface area contributed by atoms with Crippen molar-refractivity contribution < 1.29 is 0 Å². The third kappa shape index (κ3) is 2.62. The highest BCUT2D eigenvalue weighted by Gasteiger charge is 2.16. The Bertz CT molecular complexity index is 483. The van der Waals surface area contributed by atoms with Crippen LogP contribution in [0.3, 0.4) is 0 Å². The molecule has 94 valence electrons. The van der Waals surface area contributed by atoms with Crippen LogP contribution in [-0.2, 0) is 6.54 Å². The van der Waals surface area contributed by atoms with Crippen LogP contribution in [0.5, 0.6) is 0 Å². The van der Waals surface area contributed by atoms with Crippen molar-refractivity contribution in [1.82, 2.24) is 15.1 Å². The van der Waals surface area contributed by atoms with E-state index in [4.69, 9.17) is 0 Å². The lowest BCUT2D eigenvalue weighted by Crippen LogP contribution is -2.28. The summed E-state index contributed by atoms with van der Waals surface area (Å²) in [7, 11) is 0. The number of benzene rings is 1. The topological polar surface area (TPSA) is 29.9 Å². The first-order valence-electron chi connectivity index (χ1n) is 6.69. The van der Waals surface area contributed by atoms with Gasteiger partial charge in [0.1, 0.15) is 0 Å². The van der Waals surface area contributed by atoms with E-state index in [2.05, 4.69) is 40.9 Å². The Morgan fingerprint density at radius 2 is 2.17 bits per heavy atom. The van der Waals surface area contributed by atoms with Crippen molar-refractivity contribution in [2.75, 3.05) is 13.1 Å². The number of rotatable bonds is 3. The van der Waals surface area contributed by atoms with Crippen LogP contribution < -0.4 is 5.32 Å². The van der Waals surface area contributed by atoms with E-state index in [0.29, 0.717) is 5.92 Å². The molecule has 3 heteroatoms. The molecule has 3 rings (SSSR count). The van der Waals surface area contributed by atoms with Gasteiger partial charge in [-0.1, -0.05) is 30.3 Å². The van der Waals surface area contributed by atoms with Gasteiger partial charge in [-0.15, -0.1) is 0 Å². The van der Waals surface area contributed by atoms with Gasteiger partial charge in [-0.2, -0.15) is 5.10 Å². The maximum Gasteiger partial charge on any atom is 0.0659 e. The number of hydrogen-bond donors (Lipinski definition) is 1. The molecule has 1 atom stereocenters. The molecule has 1 fully saturated rings. The first-order chi connectivity index (χ1) is 8.92. The minimum absolute atomic E-state index is 0.642. The smallest absolute Gasteiger partial charge is 0.0659 e. The SMILES string of the molecule is c1ccc(Cn2cc(C3CCCNC3)cn2)cc1. The minimum atomic E-state index is 0.642. The van der Waals surface area contributed by atoms with Crippen molar-refractivity contribution in [2.24, 2.45) is 0 Å². The summed E-state index contributed by atoms with van der Waals surface area (Å²) in [6.07, 6.45) is 6.78. The fraction of sp³-hybridized carbons (Fsp3) is 0.400. The highest BCUT2D eigenvalue weighted by Crippen LogP contribution is 2.22. The molecule has 0 bridgehead atoms. The van der Waals surface area contributed by atoms with Crippen LogP contribution in [0.2, 0.25) is 0 Å². The number of aromatic nitrogens is 2. The molecular formula is C15H19N3. The fourth-order valence-electron chi connectivity index (χ4n) is 2.58. The summed E-state index contributed by atoms with van der Waals surface area (Å²) in [4.78, 5) is 0. The summed E-state index contributed by atoms with van der Waals surface area (Å²) in [5.41, 5.74) is 2.67. The molecule has 1 aliphatic rings. The van der Waals surface area contributed by atoms with E-state index in [1.807, 2.05) is 16.9 Å². The maximum absolute atomic E-state index is 4.48. The molecule has 0 amide bonds. The Morgan fingerprint density at radius 1 is 1.28 bits per heavy atom. The van der Waals surface area contributed by atoms with E-state index < -0.39 is 0 Å². The van der Waals surface area contributed by atoms with E-state index in [0.717, 1.165) is 19.6 Å². The second-order valence-electron chi connectivity index (χ2n) is 5.00. The molecule has 0 aliphatic carbocycles. The number of hydrogen-bond acceptors (Lipinski definition) is 2. The quantitative estimate of drug-likeness (QED) is 0.894. The minimum Gasteiger partial charge on any atom is -0.316 e. The number of nitrogens with one attached hydrogen (secondary N) is 1. The van der Waals surface area contributed by atoms with Crippen molar-refractivity contribution in [2.45, 2.75) is 25.3 Å². The summed E-state index contributed by atoms with van der Waals surface area (Å²) in [5, 5.41) is 7.93. The summed E-state index contributed by atoms with van der Waals surface area (Å²) >= 11 is 0. The highest BCUT2D eigenvalue weighted by molar-refractivity contribution is 5.17. The molecular weight excluding hydrogens is 222 g/mol. The van der Waals surface area contributed by atoms with E-state index in [1.54, 1.807) is 0 Å². The third-order valence-corrected chi connectivity index (χ3v) is 3.61. The first-order valence-corrected chi connectivity index (χ1v) is 6.69. The molecule has 0 radical (unpaired) electrons. The lowest BCUT2D eigenvalue weighted by atomic mass is 9.94. The molecule has 2 heterocycles. The molecule has 1 aliphatic heterocycles. The van der Waals surface area contributed by atoms with Crippen molar-refractivity contribution in [1.29, 1.82) is 0 Å². The fourth-order valence-corrected chi connectivity index (χ4v) is 2.58. The largest absolute Gasteiger partial charge is 0.316 e. The van der Waals surface area contributed by atoms with Crippen LogP contribution in [0.4, 0.5) is 0 Å². The molecule has 3 nitrogen and oxygen atoms in total. The third-order valence-electron chi connectivity index (χ3n) is 3.61. The van der Waals surface area contributed by atoms with Gasteiger partial charge < -0.3 is 5.32 Å². The van der Waals surface area contributed by atoms with E-state index in [-0.39, 0.29) is 0 Å². The summed E-state index contributed by atoms with van der Waals surface area (Å²) in [5.74, 6) is 0.642. The molecule has 1 unspecified atom stereocenters. The van der Waals surface area contributed by atoms with Crippen molar-refractivity contribution in [3.05, 3.63) is 53.9 Å². The van der Waals surface area contributed by atoms with E-state index in [9.17, 15) is 0 Å². The van der Waals surface area contributed by atoms with E-state index in [1.165, 1.54) is 24.0 Å². The second kappa shape index (κ2) is 5.36. The number of nitrogens with zero attached hydrogens (tertiary/aromatic N) is 2. The summed E-state index contributed by atoms with van der Waals surface area (Å²) in [6.45, 7) is 3.12. The Labute approximate surface area is 108 Å². The molecule has 0 saturated carbocycles. The van der Waals surface area contributed by atoms with Gasteiger partial charge in [0, 0.05) is 12.7 Å². The zero-order valence-electron chi connectivity index (χ0n) is 10.5. The molecule has 2 aromatic rings. The van der Waals surface area contributed by atoms with Crippen LogP contribution in [0.25, 0.3) is 0 Å². The van der Waals surface area contributed by atoms with Crippen LogP contribution in [0, 0.1) is 0 Å². The van der Waals surface area contributed by atoms with Crippen molar-refractivity contribution >= 4 is 0 Å². The van der Waals surface area contributed by atoms with Crippen LogP contribution in [0.15, 0.2) is 42.7 Å². The predicted octanol–water partition coefficient (Wildman–Crippen LogP) is 2.40. The van der Waals surface area contributed by atoms with Gasteiger partial charge in [0.15, 0.2) is 0 Å². The van der Waals surface area contributed by atoms with Gasteiger partial charge in [0.05, 0.1) is 12.7 Å². The van der Waals surface area contributed by atoms with Gasteiger partial charge in [0.25, 0.3) is 0 Å². The number of piperidine rings is 1. The summed E-state index contributed by atoms with van der Waals surface area (Å²) in [6, 6.07) is 10.5. The standard InChI is InChI=1S/C15H19N3/c1-2-5-13(6-3-1)11-18-12-15(10-17-18)14-7-4-8-16-9-14/h1-3,5-6,10,12,14,16H,4,7-9,11H2. The lowest BCUT2D eigenvalue weighted by molar-refractivity contribution is 0.461. The van der Waals surface area contributed by atoms with Gasteiger partial charge in [-0.25, -0.2) is 0 Å². The zero-order chi connectivity index (χ0) is 12.2. The average molecular weight is 241 g/mol. The van der Waals surface area contributed by atoms with E-state index >= 15 is 0 Å². The van der Waals surface area contributed by atoms with Crippen molar-refractivity contribution in [3.63, 3.8) is 0 Å². The highest BCUT2D eigenvalue weighted by atomic mass is 15.3. The second-order valence-corrected chi connectivity index (χ2v) is 5.00. The molecule has 0 spiro atoms. The molecule has 18 heavy (non-hydrogen) atoms. The van der Waals surface area contributed by atoms with Gasteiger partial charge in [-0.3, -0.25) is 4.68 Å². The maximum atomic E-state index is 4.48. The van der Waals surface area contributed by atoms with Crippen LogP contribution >= 0.6 is 0 Å². The Hall–Kier alpha value is -1.61. The molecule has 1 N–H and O–H groups in total. The van der Waals surface area contributed by atoms with Gasteiger partial charge >= 0.3 is 0 Å². The Kier molecular flexibility index (Phi) is 3.42. The van der Waals surface area contributed by atoms with Crippen LogP contribution in [-0.4, -0.2) is 22.9 Å². The normalized spacial score (nSPS) is 19.9. The molecule has 1 aromatic heterocycles. The van der Waals surface area contributed by atoms with Crippen molar-refractivity contribution in [3.8, 4) is 0 Å². The monoisotopic (exact) mass is 241 g/mol. The first kappa shape index (κ1) is 11.5. The van der Waals surface area contributed by atoms with Gasteiger partial charge in [-0.05, 0) is 36.4 Å². The molecule has 1 aromatic carbocycles. The van der Waals surface area contributed by atoms with Gasteiger partial charge in [0.2, 0.25) is 0 Å². The Balaban J connectivity index is 1.69. The average Bonchev–Trinajstić information content (AvgIpc) is 2.89.